The second-order valence-corrected chi connectivity index (χ2v) is 6.24. The molecule has 7 heteroatoms. The highest BCUT2D eigenvalue weighted by molar-refractivity contribution is 5.77. The molecule has 1 aliphatic rings. The third-order valence-electron chi connectivity index (χ3n) is 4.64. The van der Waals surface area contributed by atoms with Crippen molar-refractivity contribution >= 4 is 11.6 Å². The quantitative estimate of drug-likeness (QED) is 0.704. The summed E-state index contributed by atoms with van der Waals surface area (Å²) in [7, 11) is 3.31. The van der Waals surface area contributed by atoms with E-state index in [1.165, 1.54) is 6.33 Å². The number of hydrogen-bond donors (Lipinski definition) is 1. The summed E-state index contributed by atoms with van der Waals surface area (Å²) in [5, 5.41) is 7.74. The maximum atomic E-state index is 5.59. The van der Waals surface area contributed by atoms with Gasteiger partial charge in [0.1, 0.15) is 29.6 Å². The second kappa shape index (κ2) is 7.64. The average molecular weight is 378 g/mol. The summed E-state index contributed by atoms with van der Waals surface area (Å²) in [4.78, 5) is 4.36. The lowest BCUT2D eigenvalue weighted by atomic mass is 10.0. The average Bonchev–Trinajstić information content (AvgIpc) is 3.22. The minimum atomic E-state index is -0.189. The lowest BCUT2D eigenvalue weighted by Gasteiger charge is -2.26. The number of nitrogens with one attached hydrogen (secondary N) is 1. The summed E-state index contributed by atoms with van der Waals surface area (Å²) in [6.07, 6.45) is 3.64. The van der Waals surface area contributed by atoms with E-state index < -0.39 is 0 Å². The van der Waals surface area contributed by atoms with Gasteiger partial charge in [-0.2, -0.15) is 10.1 Å². The molecule has 144 valence electrons. The van der Waals surface area contributed by atoms with Crippen LogP contribution in [0.5, 0.6) is 17.2 Å². The summed E-state index contributed by atoms with van der Waals surface area (Å²) < 4.78 is 18.4. The Morgan fingerprint density at radius 3 is 2.54 bits per heavy atom. The van der Waals surface area contributed by atoms with Crippen molar-refractivity contribution in [3.05, 3.63) is 66.0 Å². The van der Waals surface area contributed by atoms with E-state index in [0.717, 1.165) is 34.1 Å². The summed E-state index contributed by atoms with van der Waals surface area (Å²) in [6.45, 7) is 2.61. The minimum Gasteiger partial charge on any atom is -0.497 e. The van der Waals surface area contributed by atoms with Crippen molar-refractivity contribution in [1.29, 1.82) is 0 Å². The van der Waals surface area contributed by atoms with Crippen LogP contribution in [-0.4, -0.2) is 35.6 Å². The van der Waals surface area contributed by atoms with Gasteiger partial charge < -0.3 is 19.5 Å². The summed E-state index contributed by atoms with van der Waals surface area (Å²) in [6, 6.07) is 13.5. The molecular formula is C21H22N4O3. The van der Waals surface area contributed by atoms with Gasteiger partial charge in [0.15, 0.2) is 0 Å². The Kier molecular flexibility index (Phi) is 4.89. The highest BCUT2D eigenvalue weighted by Crippen LogP contribution is 2.37. The van der Waals surface area contributed by atoms with Crippen LogP contribution in [0.2, 0.25) is 0 Å². The molecule has 1 aromatic heterocycles. The number of nitrogens with zero attached hydrogens (tertiary/aromatic N) is 3. The van der Waals surface area contributed by atoms with E-state index in [1.807, 2.05) is 54.1 Å². The smallest absolute Gasteiger partial charge is 0.226 e. The first kappa shape index (κ1) is 17.9. The lowest BCUT2D eigenvalue weighted by Crippen LogP contribution is -2.20. The van der Waals surface area contributed by atoms with Crippen molar-refractivity contribution in [2.75, 3.05) is 26.1 Å². The largest absolute Gasteiger partial charge is 0.497 e. The van der Waals surface area contributed by atoms with Gasteiger partial charge in [0.2, 0.25) is 5.95 Å². The van der Waals surface area contributed by atoms with E-state index in [1.54, 1.807) is 14.2 Å². The Labute approximate surface area is 163 Å². The second-order valence-electron chi connectivity index (χ2n) is 6.24. The summed E-state index contributed by atoms with van der Waals surface area (Å²) in [5.41, 5.74) is 2.92. The molecule has 7 nitrogen and oxygen atoms in total. The number of rotatable bonds is 6. The minimum absolute atomic E-state index is 0.189. The molecule has 0 radical (unpaired) electrons. The fourth-order valence-electron chi connectivity index (χ4n) is 3.29. The van der Waals surface area contributed by atoms with Crippen molar-refractivity contribution in [2.24, 2.45) is 0 Å². The van der Waals surface area contributed by atoms with Crippen molar-refractivity contribution in [1.82, 2.24) is 14.8 Å². The molecule has 0 spiro atoms. The molecule has 3 aromatic rings. The number of benzene rings is 2. The first-order valence-corrected chi connectivity index (χ1v) is 9.07. The number of methoxy groups -OCH3 is 2. The Morgan fingerprint density at radius 1 is 1.04 bits per heavy atom. The van der Waals surface area contributed by atoms with Crippen molar-refractivity contribution in [3.63, 3.8) is 0 Å². The third kappa shape index (κ3) is 3.26. The van der Waals surface area contributed by atoms with Gasteiger partial charge in [0.25, 0.3) is 0 Å². The van der Waals surface area contributed by atoms with E-state index in [-0.39, 0.29) is 6.04 Å². The molecule has 2 aromatic carbocycles. The fourth-order valence-corrected chi connectivity index (χ4v) is 3.29. The third-order valence-corrected chi connectivity index (χ3v) is 4.64. The zero-order chi connectivity index (χ0) is 19.5. The molecule has 0 bridgehead atoms. The molecule has 1 atom stereocenters. The predicted molar refractivity (Wildman–Crippen MR) is 107 cm³/mol. The normalized spacial score (nSPS) is 15.2. The van der Waals surface area contributed by atoms with Crippen LogP contribution in [0.4, 0.5) is 5.95 Å². The number of allylic oxidation sites excluding steroid dienone is 1. The Morgan fingerprint density at radius 2 is 1.82 bits per heavy atom. The molecule has 28 heavy (non-hydrogen) atoms. The SMILES string of the molecule is CCOc1ccc(C2=CC(c3cc(OC)ccc3OC)n3ncnc3N2)cc1. The highest BCUT2D eigenvalue weighted by atomic mass is 16.5. The standard InChI is InChI=1S/C21H22N4O3/c1-4-28-15-7-5-14(6-8-15)18-12-19(25-21(24-18)22-13-23-25)17-11-16(26-2)9-10-20(17)27-3/h5-13,19H,4H2,1-3H3,(H,22,23,24). The molecule has 0 aliphatic carbocycles. The Balaban J connectivity index is 1.78. The van der Waals surface area contributed by atoms with Crippen molar-refractivity contribution in [2.45, 2.75) is 13.0 Å². The summed E-state index contributed by atoms with van der Waals surface area (Å²) in [5.74, 6) is 3.03. The molecule has 1 unspecified atom stereocenters. The van der Waals surface area contributed by atoms with Crippen LogP contribution in [-0.2, 0) is 0 Å². The van der Waals surface area contributed by atoms with E-state index in [2.05, 4.69) is 21.5 Å². The van der Waals surface area contributed by atoms with Crippen molar-refractivity contribution in [3.8, 4) is 17.2 Å². The molecule has 4 rings (SSSR count). The van der Waals surface area contributed by atoms with Gasteiger partial charge in [-0.05, 0) is 61.0 Å². The van der Waals surface area contributed by atoms with Crippen molar-refractivity contribution < 1.29 is 14.2 Å². The van der Waals surface area contributed by atoms with Gasteiger partial charge in [0.05, 0.1) is 20.8 Å². The molecule has 1 N–H and O–H groups in total. The highest BCUT2D eigenvalue weighted by Gasteiger charge is 2.26. The van der Waals surface area contributed by atoms with Gasteiger partial charge in [-0.25, -0.2) is 4.68 Å². The number of ether oxygens (including phenoxy) is 3. The summed E-state index contributed by atoms with van der Waals surface area (Å²) >= 11 is 0. The maximum absolute atomic E-state index is 5.59. The number of fused-ring (bicyclic) bond motifs is 1. The molecule has 2 heterocycles. The number of anilines is 1. The number of aromatic nitrogens is 3. The zero-order valence-corrected chi connectivity index (χ0v) is 16.0. The van der Waals surface area contributed by atoms with Crippen LogP contribution in [0.1, 0.15) is 24.1 Å². The molecule has 0 saturated carbocycles. The van der Waals surface area contributed by atoms with Gasteiger partial charge in [-0.1, -0.05) is 0 Å². The van der Waals surface area contributed by atoms with E-state index in [4.69, 9.17) is 14.2 Å². The Bertz CT molecular complexity index is 995. The van der Waals surface area contributed by atoms with E-state index in [0.29, 0.717) is 12.6 Å². The van der Waals surface area contributed by atoms with Crippen LogP contribution in [0.25, 0.3) is 5.70 Å². The molecule has 0 saturated heterocycles. The van der Waals surface area contributed by atoms with Crippen LogP contribution in [0.15, 0.2) is 54.9 Å². The van der Waals surface area contributed by atoms with Gasteiger partial charge in [-0.15, -0.1) is 0 Å². The van der Waals surface area contributed by atoms with Gasteiger partial charge in [0, 0.05) is 11.3 Å². The first-order chi connectivity index (χ1) is 13.7. The van der Waals surface area contributed by atoms with E-state index >= 15 is 0 Å². The monoisotopic (exact) mass is 378 g/mol. The van der Waals surface area contributed by atoms with Crippen LogP contribution in [0.3, 0.4) is 0 Å². The number of hydrogen-bond acceptors (Lipinski definition) is 6. The van der Waals surface area contributed by atoms with Crippen LogP contribution >= 0.6 is 0 Å². The van der Waals surface area contributed by atoms with Gasteiger partial charge in [-0.3, -0.25) is 0 Å². The fraction of sp³-hybridized carbons (Fsp3) is 0.238. The molecule has 1 aliphatic heterocycles. The molecule has 0 amide bonds. The topological polar surface area (TPSA) is 70.4 Å². The first-order valence-electron chi connectivity index (χ1n) is 9.07. The van der Waals surface area contributed by atoms with E-state index in [9.17, 15) is 0 Å². The van der Waals surface area contributed by atoms with Gasteiger partial charge >= 0.3 is 0 Å². The molecular weight excluding hydrogens is 356 g/mol. The molecule has 0 fully saturated rings. The lowest BCUT2D eigenvalue weighted by molar-refractivity contribution is 0.340. The zero-order valence-electron chi connectivity index (χ0n) is 16.0. The van der Waals surface area contributed by atoms with Crippen LogP contribution in [0, 0.1) is 0 Å². The van der Waals surface area contributed by atoms with Crippen LogP contribution < -0.4 is 19.5 Å². The maximum Gasteiger partial charge on any atom is 0.226 e. The Hall–Kier alpha value is -3.48. The predicted octanol–water partition coefficient (Wildman–Crippen LogP) is 3.75.